The average molecular weight is 258 g/mol. The van der Waals surface area contributed by atoms with Gasteiger partial charge in [0.2, 0.25) is 0 Å². The molecule has 17 heavy (non-hydrogen) atoms. The van der Waals surface area contributed by atoms with Crippen molar-refractivity contribution in [1.82, 2.24) is 4.90 Å². The molecule has 0 heterocycles. The van der Waals surface area contributed by atoms with Crippen LogP contribution in [0.25, 0.3) is 0 Å². The molecular formula is C14H30N2S. The predicted molar refractivity (Wildman–Crippen MR) is 79.6 cm³/mol. The molecule has 3 unspecified atom stereocenters. The van der Waals surface area contributed by atoms with Crippen LogP contribution in [0.15, 0.2) is 0 Å². The van der Waals surface area contributed by atoms with Crippen LogP contribution in [0.4, 0.5) is 0 Å². The van der Waals surface area contributed by atoms with Gasteiger partial charge in [-0.15, -0.1) is 0 Å². The van der Waals surface area contributed by atoms with E-state index >= 15 is 0 Å². The third kappa shape index (κ3) is 3.18. The lowest BCUT2D eigenvalue weighted by molar-refractivity contribution is 0.00428. The van der Waals surface area contributed by atoms with Gasteiger partial charge in [-0.3, -0.25) is 4.90 Å². The van der Waals surface area contributed by atoms with E-state index in [9.17, 15) is 0 Å². The summed E-state index contributed by atoms with van der Waals surface area (Å²) >= 11 is 1.94. The molecule has 1 aliphatic rings. The van der Waals surface area contributed by atoms with Crippen molar-refractivity contribution >= 4 is 11.8 Å². The third-order valence-electron chi connectivity index (χ3n) is 4.79. The molecule has 3 atom stereocenters. The van der Waals surface area contributed by atoms with Crippen molar-refractivity contribution in [2.24, 2.45) is 11.7 Å². The average Bonchev–Trinajstić information content (AvgIpc) is 2.37. The Labute approximate surface area is 112 Å². The first-order valence-electron chi connectivity index (χ1n) is 7.04. The van der Waals surface area contributed by atoms with Gasteiger partial charge >= 0.3 is 0 Å². The second-order valence-corrected chi connectivity index (χ2v) is 6.48. The van der Waals surface area contributed by atoms with E-state index in [1.165, 1.54) is 37.9 Å². The van der Waals surface area contributed by atoms with Crippen LogP contribution in [0.3, 0.4) is 0 Å². The van der Waals surface area contributed by atoms with Gasteiger partial charge in [0, 0.05) is 23.9 Å². The summed E-state index contributed by atoms with van der Waals surface area (Å²) in [6, 6.07) is 0.626. The summed E-state index contributed by atoms with van der Waals surface area (Å²) in [4.78, 5) is 2.59. The molecule has 0 saturated heterocycles. The molecule has 1 fully saturated rings. The van der Waals surface area contributed by atoms with E-state index in [4.69, 9.17) is 5.73 Å². The highest BCUT2D eigenvalue weighted by Crippen LogP contribution is 2.40. The zero-order valence-corrected chi connectivity index (χ0v) is 12.9. The summed E-state index contributed by atoms with van der Waals surface area (Å²) in [5.41, 5.74) is 6.46. The quantitative estimate of drug-likeness (QED) is 0.794. The van der Waals surface area contributed by atoms with Gasteiger partial charge in [0.25, 0.3) is 0 Å². The smallest absolute Gasteiger partial charge is 0.0359 e. The summed E-state index contributed by atoms with van der Waals surface area (Å²) in [6.45, 7) is 5.49. The molecule has 1 saturated carbocycles. The van der Waals surface area contributed by atoms with Crippen LogP contribution in [-0.4, -0.2) is 42.1 Å². The van der Waals surface area contributed by atoms with Crippen molar-refractivity contribution in [3.05, 3.63) is 0 Å². The molecule has 1 rings (SSSR count). The van der Waals surface area contributed by atoms with Gasteiger partial charge in [0.05, 0.1) is 0 Å². The molecule has 0 aromatic rings. The van der Waals surface area contributed by atoms with E-state index in [1.54, 1.807) is 0 Å². The van der Waals surface area contributed by atoms with E-state index in [0.717, 1.165) is 12.5 Å². The molecule has 2 nitrogen and oxygen atoms in total. The standard InChI is InChI=1S/C14H30N2S/c1-5-13-8-6-7-9-14(13,11-15)16(3)12(2)10-17-4/h12-13H,5-11,15H2,1-4H3. The lowest BCUT2D eigenvalue weighted by Crippen LogP contribution is -2.61. The minimum atomic E-state index is 0.266. The van der Waals surface area contributed by atoms with Gasteiger partial charge in [0.15, 0.2) is 0 Å². The van der Waals surface area contributed by atoms with Crippen LogP contribution in [0, 0.1) is 5.92 Å². The maximum absolute atomic E-state index is 6.19. The van der Waals surface area contributed by atoms with E-state index in [0.29, 0.717) is 6.04 Å². The molecule has 2 N–H and O–H groups in total. The van der Waals surface area contributed by atoms with E-state index in [2.05, 4.69) is 32.1 Å². The molecule has 0 aliphatic heterocycles. The van der Waals surface area contributed by atoms with Gasteiger partial charge in [-0.25, -0.2) is 0 Å². The first-order chi connectivity index (χ1) is 8.12. The van der Waals surface area contributed by atoms with Gasteiger partial charge in [0.1, 0.15) is 0 Å². The second-order valence-electron chi connectivity index (χ2n) is 5.57. The van der Waals surface area contributed by atoms with Crippen molar-refractivity contribution in [3.63, 3.8) is 0 Å². The van der Waals surface area contributed by atoms with E-state index < -0.39 is 0 Å². The minimum Gasteiger partial charge on any atom is -0.329 e. The largest absolute Gasteiger partial charge is 0.329 e. The molecule has 3 heteroatoms. The topological polar surface area (TPSA) is 29.3 Å². The van der Waals surface area contributed by atoms with Crippen LogP contribution in [0.2, 0.25) is 0 Å². The number of hydrogen-bond acceptors (Lipinski definition) is 3. The lowest BCUT2D eigenvalue weighted by Gasteiger charge is -2.51. The highest BCUT2D eigenvalue weighted by Gasteiger charge is 2.43. The SMILES string of the molecule is CCC1CCCCC1(CN)N(C)C(C)CSC. The Balaban J connectivity index is 2.83. The second kappa shape index (κ2) is 7.01. The van der Waals surface area contributed by atoms with Crippen molar-refractivity contribution < 1.29 is 0 Å². The number of nitrogens with two attached hydrogens (primary N) is 1. The van der Waals surface area contributed by atoms with Crippen molar-refractivity contribution in [1.29, 1.82) is 0 Å². The van der Waals surface area contributed by atoms with Crippen LogP contribution >= 0.6 is 11.8 Å². The van der Waals surface area contributed by atoms with Gasteiger partial charge in [-0.1, -0.05) is 26.2 Å². The third-order valence-corrected chi connectivity index (χ3v) is 5.61. The van der Waals surface area contributed by atoms with Gasteiger partial charge in [-0.05, 0) is 39.0 Å². The predicted octanol–water partition coefficient (Wildman–Crippen LogP) is 2.97. The molecule has 0 spiro atoms. The van der Waals surface area contributed by atoms with E-state index in [1.807, 2.05) is 11.8 Å². The van der Waals surface area contributed by atoms with Gasteiger partial charge < -0.3 is 5.73 Å². The number of thioether (sulfide) groups is 1. The molecule has 1 aliphatic carbocycles. The summed E-state index contributed by atoms with van der Waals surface area (Å²) in [7, 11) is 2.29. The van der Waals surface area contributed by atoms with Crippen LogP contribution in [-0.2, 0) is 0 Å². The highest BCUT2D eigenvalue weighted by atomic mass is 32.2. The maximum atomic E-state index is 6.19. The van der Waals surface area contributed by atoms with Crippen LogP contribution in [0.1, 0.15) is 46.0 Å². The molecule has 0 aromatic heterocycles. The summed E-state index contributed by atoms with van der Waals surface area (Å²) in [6.07, 6.45) is 8.86. The Kier molecular flexibility index (Phi) is 6.32. The fourth-order valence-corrected chi connectivity index (χ4v) is 4.25. The van der Waals surface area contributed by atoms with Crippen LogP contribution < -0.4 is 5.73 Å². The molecular weight excluding hydrogens is 228 g/mol. The first-order valence-corrected chi connectivity index (χ1v) is 8.43. The molecule has 0 radical (unpaired) electrons. The summed E-state index contributed by atoms with van der Waals surface area (Å²) in [5, 5.41) is 0. The minimum absolute atomic E-state index is 0.266. The number of rotatable bonds is 6. The Morgan fingerprint density at radius 3 is 2.71 bits per heavy atom. The number of hydrogen-bond donors (Lipinski definition) is 1. The van der Waals surface area contributed by atoms with E-state index in [-0.39, 0.29) is 5.54 Å². The molecule has 102 valence electrons. The Bertz CT molecular complexity index is 222. The lowest BCUT2D eigenvalue weighted by atomic mass is 9.70. The van der Waals surface area contributed by atoms with Crippen molar-refractivity contribution in [2.45, 2.75) is 57.5 Å². The number of nitrogens with zero attached hydrogens (tertiary/aromatic N) is 1. The molecule has 0 amide bonds. The van der Waals surface area contributed by atoms with Crippen molar-refractivity contribution in [2.75, 3.05) is 25.6 Å². The summed E-state index contributed by atoms with van der Waals surface area (Å²) in [5.74, 6) is 1.99. The van der Waals surface area contributed by atoms with Crippen LogP contribution in [0.5, 0.6) is 0 Å². The van der Waals surface area contributed by atoms with Crippen molar-refractivity contribution in [3.8, 4) is 0 Å². The maximum Gasteiger partial charge on any atom is 0.0359 e. The molecule has 0 bridgehead atoms. The molecule has 0 aromatic carbocycles. The Morgan fingerprint density at radius 2 is 2.18 bits per heavy atom. The highest BCUT2D eigenvalue weighted by molar-refractivity contribution is 7.98. The zero-order valence-electron chi connectivity index (χ0n) is 12.0. The normalized spacial score (nSPS) is 31.8. The summed E-state index contributed by atoms with van der Waals surface area (Å²) < 4.78 is 0. The zero-order chi connectivity index (χ0) is 12.9. The fourth-order valence-electron chi connectivity index (χ4n) is 3.55. The van der Waals surface area contributed by atoms with Gasteiger partial charge in [-0.2, -0.15) is 11.8 Å². The number of likely N-dealkylation sites (N-methyl/N-ethyl adjacent to an activating group) is 1. The monoisotopic (exact) mass is 258 g/mol. The Hall–Kier alpha value is 0.270. The first kappa shape index (κ1) is 15.3. The Morgan fingerprint density at radius 1 is 1.47 bits per heavy atom. The fraction of sp³-hybridized carbons (Fsp3) is 1.00.